The maximum atomic E-state index is 12.4. The molecule has 3 aromatic rings. The molecule has 0 aliphatic carbocycles. The molecule has 0 bridgehead atoms. The fraction of sp³-hybridized carbons (Fsp3) is 0.227. The van der Waals surface area contributed by atoms with Crippen molar-refractivity contribution in [3.05, 3.63) is 94.8 Å². The second-order valence-corrected chi connectivity index (χ2v) is 8.06. The summed E-state index contributed by atoms with van der Waals surface area (Å²) in [5.41, 5.74) is 0.996. The molecule has 1 unspecified atom stereocenters. The minimum absolute atomic E-state index is 0.139. The quantitative estimate of drug-likeness (QED) is 0.481. The first kappa shape index (κ1) is 24.1. The summed E-state index contributed by atoms with van der Waals surface area (Å²) in [7, 11) is -1.47. The number of halogens is 4. The summed E-state index contributed by atoms with van der Waals surface area (Å²) in [4.78, 5) is 3.86. The zero-order chi connectivity index (χ0) is 22.0. The van der Waals surface area contributed by atoms with Gasteiger partial charge < -0.3 is 0 Å². The minimum Gasteiger partial charge on any atom is -0.251 e. The molecule has 0 aliphatic heterocycles. The molecule has 1 atom stereocenters. The monoisotopic (exact) mass is 454 g/mol. The second-order valence-electron chi connectivity index (χ2n) is 6.33. The number of alkyl halides is 3. The van der Waals surface area contributed by atoms with Gasteiger partial charge in [-0.15, -0.1) is 0 Å². The van der Waals surface area contributed by atoms with Gasteiger partial charge in [0.15, 0.2) is 0 Å². The average molecular weight is 455 g/mol. The molecule has 30 heavy (non-hydrogen) atoms. The van der Waals surface area contributed by atoms with Crippen LogP contribution in [0.2, 0.25) is 5.02 Å². The molecule has 3 nitrogen and oxygen atoms in total. The van der Waals surface area contributed by atoms with Gasteiger partial charge in [-0.25, -0.2) is 8.93 Å². The molecule has 1 aromatic heterocycles. The van der Waals surface area contributed by atoms with Gasteiger partial charge in [0.25, 0.3) is 0 Å². The van der Waals surface area contributed by atoms with E-state index in [-0.39, 0.29) is 6.54 Å². The fourth-order valence-electron chi connectivity index (χ4n) is 2.42. The van der Waals surface area contributed by atoms with Crippen LogP contribution in [0.15, 0.2) is 77.8 Å². The van der Waals surface area contributed by atoms with Crippen molar-refractivity contribution < 1.29 is 17.4 Å². The van der Waals surface area contributed by atoms with Gasteiger partial charge >= 0.3 is 6.18 Å². The number of hydrogen-bond acceptors (Lipinski definition) is 2. The van der Waals surface area contributed by atoms with E-state index < -0.39 is 22.9 Å². The Morgan fingerprint density at radius 3 is 2.17 bits per heavy atom. The Labute approximate surface area is 181 Å². The third kappa shape index (κ3) is 8.26. The molecule has 160 valence electrons. The van der Waals surface area contributed by atoms with Crippen LogP contribution in [0.1, 0.15) is 30.2 Å². The van der Waals surface area contributed by atoms with Crippen LogP contribution in [0.25, 0.3) is 0 Å². The number of nitrogens with zero attached hydrogens (tertiary/aromatic N) is 1. The number of aromatic nitrogens is 1. The highest BCUT2D eigenvalue weighted by atomic mass is 35.5. The van der Waals surface area contributed by atoms with Gasteiger partial charge in [0, 0.05) is 17.8 Å². The van der Waals surface area contributed by atoms with Crippen LogP contribution < -0.4 is 4.72 Å². The molecule has 3 rings (SSSR count). The van der Waals surface area contributed by atoms with Gasteiger partial charge in [-0.2, -0.15) is 13.2 Å². The van der Waals surface area contributed by atoms with Crippen LogP contribution in [-0.2, 0) is 30.1 Å². The highest BCUT2D eigenvalue weighted by Crippen LogP contribution is 2.27. The van der Waals surface area contributed by atoms with E-state index in [0.717, 1.165) is 12.3 Å². The van der Waals surface area contributed by atoms with E-state index in [1.54, 1.807) is 24.3 Å². The molecule has 0 radical (unpaired) electrons. The van der Waals surface area contributed by atoms with Crippen LogP contribution in [0, 0.1) is 0 Å². The number of aryl methyl sites for hydroxylation is 1. The fourth-order valence-corrected chi connectivity index (χ4v) is 3.39. The zero-order valence-electron chi connectivity index (χ0n) is 16.3. The minimum atomic E-state index is -4.46. The van der Waals surface area contributed by atoms with Crippen LogP contribution in [0.5, 0.6) is 0 Å². The molecule has 0 fully saturated rings. The van der Waals surface area contributed by atoms with Crippen LogP contribution >= 0.6 is 11.6 Å². The lowest BCUT2D eigenvalue weighted by Crippen LogP contribution is -2.17. The summed E-state index contributed by atoms with van der Waals surface area (Å²) in [5.74, 6) is 0. The van der Waals surface area contributed by atoms with Gasteiger partial charge in [-0.05, 0) is 47.9 Å². The molecule has 1 heterocycles. The van der Waals surface area contributed by atoms with Crippen LogP contribution in [-0.4, -0.2) is 9.19 Å². The van der Waals surface area contributed by atoms with Crippen molar-refractivity contribution in [2.75, 3.05) is 0 Å². The summed E-state index contributed by atoms with van der Waals surface area (Å²) in [6, 6.07) is 19.2. The lowest BCUT2D eigenvalue weighted by Gasteiger charge is -2.07. The van der Waals surface area contributed by atoms with Crippen molar-refractivity contribution >= 4 is 22.6 Å². The third-order valence-corrected chi connectivity index (χ3v) is 5.29. The molecule has 0 saturated heterocycles. The van der Waals surface area contributed by atoms with Crippen molar-refractivity contribution in [2.45, 2.75) is 37.4 Å². The molecule has 1 N–H and O–H groups in total. The Bertz CT molecular complexity index is 918. The standard InChI is InChI=1S/C13H10ClF3N2OS.C9H12/c14-10-2-4-11(5-3-10)21(20)19-8-9-1-6-12(18-7-9)13(15,16)17;1-2-6-9-7-4-3-5-8-9/h1-7,19H,8H2;3-5,7-8H,2,6H2,1H3. The summed E-state index contributed by atoms with van der Waals surface area (Å²) in [6.07, 6.45) is -0.905. The SMILES string of the molecule is CCCc1ccccc1.O=S(NCc1ccc(C(F)(F)F)nc1)c1ccc(Cl)cc1. The Balaban J connectivity index is 0.000000297. The Morgan fingerprint density at radius 2 is 1.63 bits per heavy atom. The molecular weight excluding hydrogens is 433 g/mol. The first-order valence-corrected chi connectivity index (χ1v) is 10.8. The van der Waals surface area contributed by atoms with Crippen molar-refractivity contribution in [1.82, 2.24) is 9.71 Å². The van der Waals surface area contributed by atoms with E-state index in [0.29, 0.717) is 15.5 Å². The average Bonchev–Trinajstić information content (AvgIpc) is 2.74. The summed E-state index contributed by atoms with van der Waals surface area (Å²) >= 11 is 5.72. The van der Waals surface area contributed by atoms with E-state index in [9.17, 15) is 17.4 Å². The molecule has 8 heteroatoms. The van der Waals surface area contributed by atoms with Crippen molar-refractivity contribution in [3.63, 3.8) is 0 Å². The van der Waals surface area contributed by atoms with Crippen LogP contribution in [0.4, 0.5) is 13.2 Å². The van der Waals surface area contributed by atoms with Gasteiger partial charge in [-0.1, -0.05) is 61.3 Å². The van der Waals surface area contributed by atoms with Gasteiger partial charge in [0.1, 0.15) is 16.7 Å². The van der Waals surface area contributed by atoms with E-state index in [1.165, 1.54) is 24.5 Å². The number of hydrogen-bond donors (Lipinski definition) is 1. The van der Waals surface area contributed by atoms with Gasteiger partial charge in [0.2, 0.25) is 0 Å². The maximum Gasteiger partial charge on any atom is 0.433 e. The van der Waals surface area contributed by atoms with E-state index in [1.807, 2.05) is 0 Å². The molecule has 0 saturated carbocycles. The lowest BCUT2D eigenvalue weighted by atomic mass is 10.1. The number of rotatable bonds is 6. The van der Waals surface area contributed by atoms with Crippen molar-refractivity contribution in [2.24, 2.45) is 0 Å². The largest absolute Gasteiger partial charge is 0.433 e. The maximum absolute atomic E-state index is 12.4. The smallest absolute Gasteiger partial charge is 0.251 e. The highest BCUT2D eigenvalue weighted by Gasteiger charge is 2.31. The summed E-state index contributed by atoms with van der Waals surface area (Å²) in [6.45, 7) is 2.34. The Kier molecular flexibility index (Phi) is 9.49. The predicted molar refractivity (Wildman–Crippen MR) is 114 cm³/mol. The van der Waals surface area contributed by atoms with E-state index in [4.69, 9.17) is 11.6 Å². The summed E-state index contributed by atoms with van der Waals surface area (Å²) < 4.78 is 51.7. The lowest BCUT2D eigenvalue weighted by molar-refractivity contribution is -0.141. The van der Waals surface area contributed by atoms with Crippen molar-refractivity contribution in [3.8, 4) is 0 Å². The molecule has 0 aliphatic rings. The predicted octanol–water partition coefficient (Wildman–Crippen LogP) is 6.21. The molecular formula is C22H22ClF3N2OS. The molecule has 0 spiro atoms. The van der Waals surface area contributed by atoms with Gasteiger partial charge in [-0.3, -0.25) is 4.98 Å². The third-order valence-electron chi connectivity index (χ3n) is 3.93. The van der Waals surface area contributed by atoms with Crippen LogP contribution in [0.3, 0.4) is 0 Å². The zero-order valence-corrected chi connectivity index (χ0v) is 17.9. The molecule has 0 amide bonds. The summed E-state index contributed by atoms with van der Waals surface area (Å²) in [5, 5.41) is 0.530. The number of benzene rings is 2. The first-order valence-electron chi connectivity index (χ1n) is 9.26. The van der Waals surface area contributed by atoms with Crippen molar-refractivity contribution in [1.29, 1.82) is 0 Å². The number of pyridine rings is 1. The van der Waals surface area contributed by atoms with Gasteiger partial charge in [0.05, 0.1) is 4.90 Å². The van der Waals surface area contributed by atoms with E-state index >= 15 is 0 Å². The topological polar surface area (TPSA) is 42.0 Å². The van der Waals surface area contributed by atoms with E-state index in [2.05, 4.69) is 47.0 Å². The Morgan fingerprint density at radius 1 is 0.967 bits per heavy atom. The first-order chi connectivity index (χ1) is 14.3. The highest BCUT2D eigenvalue weighted by molar-refractivity contribution is 7.83. The molecule has 2 aromatic carbocycles. The number of nitrogens with one attached hydrogen (secondary N) is 1. The second kappa shape index (κ2) is 11.8. The normalized spacial score (nSPS) is 12.0. The Hall–Kier alpha value is -2.22.